The molecule has 2 fully saturated rings. The lowest BCUT2D eigenvalue weighted by atomic mass is 9.85. The molecule has 1 aromatic rings. The number of Topliss-reactive ketones (excluding diaryl/α,β-unsaturated/α-hetero) is 1. The second kappa shape index (κ2) is 17.0. The van der Waals surface area contributed by atoms with Crippen molar-refractivity contribution in [3.05, 3.63) is 42.5 Å². The van der Waals surface area contributed by atoms with E-state index in [1.165, 1.54) is 42.3 Å². The third kappa shape index (κ3) is 10.1. The number of fused-ring (bicyclic) bond motifs is 1. The number of carbonyl (C=O) groups is 5. The van der Waals surface area contributed by atoms with Crippen molar-refractivity contribution < 1.29 is 32.4 Å². The first-order valence-corrected chi connectivity index (χ1v) is 19.9. The molecule has 6 atom stereocenters. The Morgan fingerprint density at radius 1 is 1.07 bits per heavy atom. The summed E-state index contributed by atoms with van der Waals surface area (Å²) in [7, 11) is -2.63. The quantitative estimate of drug-likeness (QED) is 0.145. The summed E-state index contributed by atoms with van der Waals surface area (Å²) in [6.07, 6.45) is 3.03. The number of likely N-dealkylation sites (tertiary alicyclic amines) is 1. The number of amides is 5. The molecule has 1 aliphatic heterocycles. The molecule has 1 saturated carbocycles. The summed E-state index contributed by atoms with van der Waals surface area (Å²) in [5.74, 6) is -2.76. The van der Waals surface area contributed by atoms with Crippen LogP contribution in [0.2, 0.25) is 0 Å². The molecule has 15 heteroatoms. The van der Waals surface area contributed by atoms with Crippen molar-refractivity contribution in [1.29, 1.82) is 5.26 Å². The fourth-order valence-electron chi connectivity index (χ4n) is 7.10. The first-order valence-electron chi connectivity index (χ1n) is 18.5. The second-order valence-corrected chi connectivity index (χ2v) is 19.3. The molecule has 54 heavy (non-hydrogen) atoms. The van der Waals surface area contributed by atoms with Crippen molar-refractivity contribution in [3.8, 4) is 6.07 Å². The number of piperidine rings is 1. The first-order chi connectivity index (χ1) is 24.9. The molecule has 14 nitrogen and oxygen atoms in total. The van der Waals surface area contributed by atoms with Crippen LogP contribution in [0.5, 0.6) is 0 Å². The van der Waals surface area contributed by atoms with Crippen molar-refractivity contribution in [1.82, 2.24) is 30.5 Å². The number of carbonyl (C=O) groups excluding carboxylic acids is 5. The van der Waals surface area contributed by atoms with E-state index in [1.807, 2.05) is 47.6 Å². The molecular formula is C39H59N7O7S. The van der Waals surface area contributed by atoms with E-state index >= 15 is 0 Å². The zero-order valence-corrected chi connectivity index (χ0v) is 34.2. The first kappa shape index (κ1) is 44.1. The highest BCUT2D eigenvalue weighted by atomic mass is 32.2. The van der Waals surface area contributed by atoms with Crippen molar-refractivity contribution in [2.24, 2.45) is 28.1 Å². The maximum Gasteiger partial charge on any atom is 0.315 e. The molecule has 1 aliphatic carbocycles. The van der Waals surface area contributed by atoms with Crippen molar-refractivity contribution >= 4 is 39.6 Å². The third-order valence-corrected chi connectivity index (χ3v) is 12.5. The number of nitrogens with one attached hydrogen (secondary N) is 4. The second-order valence-electron chi connectivity index (χ2n) is 17.2. The minimum atomic E-state index is -4.02. The summed E-state index contributed by atoms with van der Waals surface area (Å²) >= 11 is 0. The third-order valence-electron chi connectivity index (χ3n) is 10.7. The molecular weight excluding hydrogens is 711 g/mol. The summed E-state index contributed by atoms with van der Waals surface area (Å²) < 4.78 is 28.0. The van der Waals surface area contributed by atoms with E-state index in [-0.39, 0.29) is 53.8 Å². The van der Waals surface area contributed by atoms with Crippen LogP contribution in [-0.4, -0.2) is 98.0 Å². The molecule has 1 unspecified atom stereocenters. The lowest BCUT2D eigenvalue weighted by molar-refractivity contribution is -0.145. The molecule has 0 spiro atoms. The van der Waals surface area contributed by atoms with Gasteiger partial charge in [0.15, 0.2) is 0 Å². The Labute approximate surface area is 320 Å². The number of likely N-dealkylation sites (N-methyl/N-ethyl adjacent to an activating group) is 1. The Hall–Kier alpha value is -4.29. The highest BCUT2D eigenvalue weighted by molar-refractivity contribution is 7.89. The van der Waals surface area contributed by atoms with Crippen LogP contribution in [0.4, 0.5) is 4.79 Å². The highest BCUT2D eigenvalue weighted by Gasteiger charge is 2.70. The maximum atomic E-state index is 14.5. The average Bonchev–Trinajstić information content (AvgIpc) is 3.39. The number of ketones is 1. The average molecular weight is 770 g/mol. The van der Waals surface area contributed by atoms with Crippen LogP contribution in [0, 0.1) is 39.4 Å². The summed E-state index contributed by atoms with van der Waals surface area (Å²) in [6.45, 7) is 20.8. The van der Waals surface area contributed by atoms with E-state index in [0.29, 0.717) is 6.42 Å². The van der Waals surface area contributed by atoms with Gasteiger partial charge in [-0.15, -0.1) is 6.58 Å². The minimum absolute atomic E-state index is 0.0175. The number of unbranched alkanes of at least 4 members (excludes halogenated alkanes) is 1. The highest BCUT2D eigenvalue weighted by Crippen LogP contribution is 2.65. The zero-order chi connectivity index (χ0) is 41.0. The molecule has 3 rings (SSSR count). The Morgan fingerprint density at radius 3 is 2.28 bits per heavy atom. The number of hydrogen-bond acceptors (Lipinski definition) is 8. The minimum Gasteiger partial charge on any atom is -0.346 e. The predicted molar refractivity (Wildman–Crippen MR) is 205 cm³/mol. The van der Waals surface area contributed by atoms with Gasteiger partial charge in [0.1, 0.15) is 12.1 Å². The molecule has 2 aliphatic rings. The van der Waals surface area contributed by atoms with Crippen LogP contribution in [-0.2, 0) is 29.2 Å². The van der Waals surface area contributed by atoms with Gasteiger partial charge in [0.25, 0.3) is 5.91 Å². The fraction of sp³-hybridized carbons (Fsp3) is 0.641. The van der Waals surface area contributed by atoms with E-state index in [4.69, 9.17) is 0 Å². The van der Waals surface area contributed by atoms with Gasteiger partial charge in [-0.3, -0.25) is 19.2 Å². The van der Waals surface area contributed by atoms with Gasteiger partial charge in [-0.25, -0.2) is 13.2 Å². The van der Waals surface area contributed by atoms with E-state index in [2.05, 4.69) is 27.8 Å². The van der Waals surface area contributed by atoms with Crippen molar-refractivity contribution in [2.45, 2.75) is 111 Å². The summed E-state index contributed by atoms with van der Waals surface area (Å²) in [4.78, 5) is 69.5. The smallest absolute Gasteiger partial charge is 0.315 e. The SMILES string of the molecule is C=CCNC(=O)C(=O)C(CCCC)NC(=O)[C@@H]1[C@@H]2[C@H](CN1C(=O)[C@@H](NC(=O)N[C@H](CN(C)S(=O)(=O)c1cccc(C#N)c1)C(C)(C)C)C(C)(C)C)C2(C)C. The molecule has 1 aromatic carbocycles. The van der Waals surface area contributed by atoms with Crippen LogP contribution in [0.25, 0.3) is 0 Å². The maximum absolute atomic E-state index is 14.5. The predicted octanol–water partition coefficient (Wildman–Crippen LogP) is 3.34. The molecule has 5 amide bonds. The van der Waals surface area contributed by atoms with Crippen molar-refractivity contribution in [3.63, 3.8) is 0 Å². The normalized spacial score (nSPS) is 20.8. The van der Waals surface area contributed by atoms with Gasteiger partial charge in [-0.1, -0.05) is 87.3 Å². The van der Waals surface area contributed by atoms with E-state index in [9.17, 15) is 37.7 Å². The summed E-state index contributed by atoms with van der Waals surface area (Å²) in [6, 6.07) is 3.13. The van der Waals surface area contributed by atoms with Gasteiger partial charge in [0.2, 0.25) is 27.6 Å². The number of hydrogen-bond donors (Lipinski definition) is 4. The summed E-state index contributed by atoms with van der Waals surface area (Å²) in [5.41, 5.74) is -1.49. The van der Waals surface area contributed by atoms with Gasteiger partial charge in [0.05, 0.1) is 22.6 Å². The Morgan fingerprint density at radius 2 is 1.72 bits per heavy atom. The van der Waals surface area contributed by atoms with Crippen LogP contribution < -0.4 is 21.3 Å². The molecule has 1 saturated heterocycles. The number of benzene rings is 1. The van der Waals surface area contributed by atoms with E-state index in [0.717, 1.165) is 10.7 Å². The van der Waals surface area contributed by atoms with Gasteiger partial charge in [-0.05, 0) is 52.7 Å². The molecule has 298 valence electrons. The number of nitriles is 1. The van der Waals surface area contributed by atoms with Crippen LogP contribution in [0.15, 0.2) is 41.8 Å². The summed E-state index contributed by atoms with van der Waals surface area (Å²) in [5, 5.41) is 20.3. The lowest BCUT2D eigenvalue weighted by Crippen LogP contribution is -2.62. The fourth-order valence-corrected chi connectivity index (χ4v) is 8.33. The molecule has 0 aromatic heterocycles. The molecule has 4 N–H and O–H groups in total. The Kier molecular flexibility index (Phi) is 13.9. The standard InChI is InChI=1S/C39H59N7O7S/c1-12-14-18-27(31(47)34(49)41-19-13-2)42-33(48)30-29-26(39(29,9)10)22-46(30)35(50)32(38(6,7)8)44-36(51)43-28(37(3,4)5)23-45(11)54(52,53)25-17-15-16-24(20-25)21-40/h13,15-17,20,26-30,32H,2,12,14,18-19,22-23H2,1,3-11H3,(H,41,49)(H,42,48)(H2,43,44,51)/t26-,27?,28+,29-,30-,32+/m0/s1. The van der Waals surface area contributed by atoms with E-state index < -0.39 is 74.6 Å². The molecule has 0 bridgehead atoms. The Bertz CT molecular complexity index is 1760. The van der Waals surface area contributed by atoms with Gasteiger partial charge >= 0.3 is 6.03 Å². The van der Waals surface area contributed by atoms with E-state index in [1.54, 1.807) is 20.8 Å². The monoisotopic (exact) mass is 769 g/mol. The largest absolute Gasteiger partial charge is 0.346 e. The van der Waals surface area contributed by atoms with Crippen LogP contribution >= 0.6 is 0 Å². The topological polar surface area (TPSA) is 198 Å². The zero-order valence-electron chi connectivity index (χ0n) is 33.4. The number of urea groups is 1. The number of nitrogens with zero attached hydrogens (tertiary/aromatic N) is 3. The van der Waals surface area contributed by atoms with Gasteiger partial charge in [-0.2, -0.15) is 9.57 Å². The number of rotatable bonds is 16. The van der Waals surface area contributed by atoms with Crippen LogP contribution in [0.3, 0.4) is 0 Å². The van der Waals surface area contributed by atoms with Gasteiger partial charge in [0, 0.05) is 32.7 Å². The molecule has 0 radical (unpaired) electrons. The van der Waals surface area contributed by atoms with Crippen LogP contribution in [0.1, 0.15) is 87.1 Å². The lowest BCUT2D eigenvalue weighted by Gasteiger charge is -2.39. The van der Waals surface area contributed by atoms with Gasteiger partial charge < -0.3 is 26.2 Å². The number of sulfonamides is 1. The molecule has 1 heterocycles. The van der Waals surface area contributed by atoms with Crippen molar-refractivity contribution in [2.75, 3.05) is 26.7 Å². The Balaban J connectivity index is 1.85.